The molecule has 20 heavy (non-hydrogen) atoms. The van der Waals surface area contributed by atoms with Crippen molar-refractivity contribution in [3.05, 3.63) is 29.8 Å². The quantitative estimate of drug-likeness (QED) is 0.872. The highest BCUT2D eigenvalue weighted by Gasteiger charge is 2.23. The van der Waals surface area contributed by atoms with Crippen molar-refractivity contribution < 1.29 is 9.53 Å². The molecule has 0 spiro atoms. The fourth-order valence-corrected chi connectivity index (χ4v) is 3.20. The summed E-state index contributed by atoms with van der Waals surface area (Å²) in [5.41, 5.74) is 1.12. The van der Waals surface area contributed by atoms with Crippen molar-refractivity contribution in [2.24, 2.45) is 0 Å². The molecule has 1 aromatic rings. The van der Waals surface area contributed by atoms with E-state index in [0.717, 1.165) is 35.8 Å². The van der Waals surface area contributed by atoms with Crippen LogP contribution in [0, 0.1) is 0 Å². The van der Waals surface area contributed by atoms with Gasteiger partial charge in [0.1, 0.15) is 5.75 Å². The van der Waals surface area contributed by atoms with Crippen molar-refractivity contribution in [2.75, 3.05) is 25.2 Å². The Morgan fingerprint density at radius 2 is 2.25 bits per heavy atom. The summed E-state index contributed by atoms with van der Waals surface area (Å²) in [6.07, 6.45) is 0.873. The second kappa shape index (κ2) is 7.55. The van der Waals surface area contributed by atoms with Crippen LogP contribution in [0.15, 0.2) is 24.3 Å². The normalized spacial score (nSPS) is 20.2. The summed E-state index contributed by atoms with van der Waals surface area (Å²) in [7, 11) is 1.65. The fraction of sp³-hybridized carbons (Fsp3) is 0.533. The van der Waals surface area contributed by atoms with E-state index < -0.39 is 0 Å². The number of rotatable bonds is 5. The van der Waals surface area contributed by atoms with E-state index in [1.54, 1.807) is 7.11 Å². The SMILES string of the molecule is CCC(NC(=O)C1CSCCN1)c1ccc(OC)cc1. The molecule has 5 heteroatoms. The molecular formula is C15H22N2O2S. The lowest BCUT2D eigenvalue weighted by atomic mass is 10.0. The molecule has 0 aliphatic carbocycles. The van der Waals surface area contributed by atoms with Crippen LogP contribution in [-0.4, -0.2) is 37.1 Å². The molecule has 4 nitrogen and oxygen atoms in total. The van der Waals surface area contributed by atoms with E-state index in [1.807, 2.05) is 36.0 Å². The maximum Gasteiger partial charge on any atom is 0.238 e. The second-order valence-corrected chi connectivity index (χ2v) is 5.97. The van der Waals surface area contributed by atoms with Crippen molar-refractivity contribution >= 4 is 17.7 Å². The zero-order valence-electron chi connectivity index (χ0n) is 12.0. The third kappa shape index (κ3) is 3.90. The highest BCUT2D eigenvalue weighted by molar-refractivity contribution is 7.99. The van der Waals surface area contributed by atoms with E-state index in [0.29, 0.717) is 0 Å². The van der Waals surface area contributed by atoms with Gasteiger partial charge in [-0.15, -0.1) is 0 Å². The molecule has 0 saturated carbocycles. The first-order chi connectivity index (χ1) is 9.74. The summed E-state index contributed by atoms with van der Waals surface area (Å²) in [4.78, 5) is 12.3. The Balaban J connectivity index is 1.98. The molecular weight excluding hydrogens is 272 g/mol. The van der Waals surface area contributed by atoms with Gasteiger partial charge in [0.15, 0.2) is 0 Å². The van der Waals surface area contributed by atoms with Crippen LogP contribution in [0.2, 0.25) is 0 Å². The summed E-state index contributed by atoms with van der Waals surface area (Å²) < 4.78 is 5.16. The number of benzene rings is 1. The summed E-state index contributed by atoms with van der Waals surface area (Å²) in [5, 5.41) is 6.40. The summed E-state index contributed by atoms with van der Waals surface area (Å²) in [6, 6.07) is 7.87. The average molecular weight is 294 g/mol. The van der Waals surface area contributed by atoms with E-state index in [-0.39, 0.29) is 18.0 Å². The number of nitrogens with one attached hydrogen (secondary N) is 2. The lowest BCUT2D eigenvalue weighted by Crippen LogP contribution is -2.49. The van der Waals surface area contributed by atoms with E-state index in [9.17, 15) is 4.79 Å². The predicted molar refractivity (Wildman–Crippen MR) is 83.3 cm³/mol. The standard InChI is InChI=1S/C15H22N2O2S/c1-3-13(11-4-6-12(19-2)7-5-11)17-15(18)14-10-20-9-8-16-14/h4-7,13-14,16H,3,8-10H2,1-2H3,(H,17,18). The Morgan fingerprint density at radius 3 is 2.80 bits per heavy atom. The Morgan fingerprint density at radius 1 is 1.50 bits per heavy atom. The molecule has 110 valence electrons. The Bertz CT molecular complexity index is 430. The largest absolute Gasteiger partial charge is 0.497 e. The number of carbonyl (C=O) groups excluding carboxylic acids is 1. The number of amides is 1. The molecule has 0 radical (unpaired) electrons. The van der Waals surface area contributed by atoms with E-state index >= 15 is 0 Å². The Hall–Kier alpha value is -1.20. The topological polar surface area (TPSA) is 50.4 Å². The molecule has 0 aromatic heterocycles. The van der Waals surface area contributed by atoms with Gasteiger partial charge in [0.25, 0.3) is 0 Å². The van der Waals surface area contributed by atoms with Gasteiger partial charge in [-0.05, 0) is 24.1 Å². The number of thioether (sulfide) groups is 1. The second-order valence-electron chi connectivity index (χ2n) is 4.82. The van der Waals surface area contributed by atoms with Gasteiger partial charge < -0.3 is 15.4 Å². The minimum Gasteiger partial charge on any atom is -0.497 e. The lowest BCUT2D eigenvalue weighted by molar-refractivity contribution is -0.123. The Labute approximate surface area is 124 Å². The van der Waals surface area contributed by atoms with Gasteiger partial charge in [0.05, 0.1) is 19.2 Å². The van der Waals surface area contributed by atoms with Crippen molar-refractivity contribution in [1.82, 2.24) is 10.6 Å². The summed E-state index contributed by atoms with van der Waals surface area (Å²) in [6.45, 7) is 2.99. The molecule has 2 N–H and O–H groups in total. The van der Waals surface area contributed by atoms with Gasteiger partial charge in [-0.25, -0.2) is 0 Å². The molecule has 0 bridgehead atoms. The van der Waals surface area contributed by atoms with E-state index in [2.05, 4.69) is 17.6 Å². The minimum atomic E-state index is -0.0685. The molecule has 2 unspecified atom stereocenters. The highest BCUT2D eigenvalue weighted by Crippen LogP contribution is 2.20. The zero-order valence-corrected chi connectivity index (χ0v) is 12.8. The molecule has 2 atom stereocenters. The van der Waals surface area contributed by atoms with Gasteiger partial charge in [-0.1, -0.05) is 19.1 Å². The fourth-order valence-electron chi connectivity index (χ4n) is 2.26. The molecule has 1 amide bonds. The molecule has 1 heterocycles. The average Bonchev–Trinajstić information content (AvgIpc) is 2.53. The maximum absolute atomic E-state index is 12.3. The van der Waals surface area contributed by atoms with Crippen LogP contribution in [0.3, 0.4) is 0 Å². The van der Waals surface area contributed by atoms with Crippen LogP contribution in [0.1, 0.15) is 24.9 Å². The highest BCUT2D eigenvalue weighted by atomic mass is 32.2. The van der Waals surface area contributed by atoms with Crippen LogP contribution < -0.4 is 15.4 Å². The van der Waals surface area contributed by atoms with Crippen LogP contribution in [-0.2, 0) is 4.79 Å². The number of methoxy groups -OCH3 is 1. The summed E-state index contributed by atoms with van der Waals surface area (Å²) in [5.74, 6) is 2.87. The molecule has 1 aliphatic heterocycles. The van der Waals surface area contributed by atoms with E-state index in [4.69, 9.17) is 4.74 Å². The number of ether oxygens (including phenoxy) is 1. The van der Waals surface area contributed by atoms with Gasteiger partial charge >= 0.3 is 0 Å². The van der Waals surface area contributed by atoms with Crippen LogP contribution >= 0.6 is 11.8 Å². The van der Waals surface area contributed by atoms with Crippen molar-refractivity contribution in [2.45, 2.75) is 25.4 Å². The van der Waals surface area contributed by atoms with Crippen LogP contribution in [0.5, 0.6) is 5.75 Å². The van der Waals surface area contributed by atoms with Gasteiger partial charge in [-0.3, -0.25) is 4.79 Å². The van der Waals surface area contributed by atoms with Crippen molar-refractivity contribution in [1.29, 1.82) is 0 Å². The smallest absolute Gasteiger partial charge is 0.238 e. The number of hydrogen-bond donors (Lipinski definition) is 2. The van der Waals surface area contributed by atoms with Gasteiger partial charge in [-0.2, -0.15) is 11.8 Å². The monoisotopic (exact) mass is 294 g/mol. The first kappa shape index (κ1) is 15.2. The first-order valence-corrected chi connectivity index (χ1v) is 8.15. The summed E-state index contributed by atoms with van der Waals surface area (Å²) >= 11 is 1.83. The Kier molecular flexibility index (Phi) is 5.73. The van der Waals surface area contributed by atoms with Crippen molar-refractivity contribution in [3.8, 4) is 5.75 Å². The molecule has 1 fully saturated rings. The number of carbonyl (C=O) groups is 1. The van der Waals surface area contributed by atoms with Crippen LogP contribution in [0.4, 0.5) is 0 Å². The van der Waals surface area contributed by atoms with Gasteiger partial charge in [0, 0.05) is 18.1 Å². The number of hydrogen-bond acceptors (Lipinski definition) is 4. The first-order valence-electron chi connectivity index (χ1n) is 7.00. The van der Waals surface area contributed by atoms with E-state index in [1.165, 1.54) is 0 Å². The molecule has 1 aliphatic rings. The minimum absolute atomic E-state index is 0.0575. The third-order valence-corrected chi connectivity index (χ3v) is 4.54. The van der Waals surface area contributed by atoms with Crippen LogP contribution in [0.25, 0.3) is 0 Å². The lowest BCUT2D eigenvalue weighted by Gasteiger charge is -2.25. The maximum atomic E-state index is 12.3. The molecule has 1 aromatic carbocycles. The van der Waals surface area contributed by atoms with Gasteiger partial charge in [0.2, 0.25) is 5.91 Å². The molecule has 1 saturated heterocycles. The zero-order chi connectivity index (χ0) is 14.4. The van der Waals surface area contributed by atoms with Crippen molar-refractivity contribution in [3.63, 3.8) is 0 Å². The third-order valence-electron chi connectivity index (χ3n) is 3.48. The molecule has 2 rings (SSSR count). The predicted octanol–water partition coefficient (Wildman–Crippen LogP) is 1.97.